The first-order valence-corrected chi connectivity index (χ1v) is 13.7. The lowest BCUT2D eigenvalue weighted by atomic mass is 9.87. The molecule has 0 atom stereocenters. The number of hydrogen-bond acceptors (Lipinski definition) is 5. The molecule has 0 unspecified atom stereocenters. The van der Waals surface area contributed by atoms with Gasteiger partial charge in [0.25, 0.3) is 5.56 Å². The molecule has 7 heteroatoms. The van der Waals surface area contributed by atoms with Gasteiger partial charge in [0, 0.05) is 22.9 Å². The molecule has 0 spiro atoms. The van der Waals surface area contributed by atoms with Crippen LogP contribution in [0.4, 0.5) is 0 Å². The molecule has 0 bridgehead atoms. The number of para-hydroxylation sites is 1. The van der Waals surface area contributed by atoms with E-state index in [9.17, 15) is 4.79 Å². The summed E-state index contributed by atoms with van der Waals surface area (Å²) in [5, 5.41) is 9.51. The van der Waals surface area contributed by atoms with Crippen molar-refractivity contribution in [2.24, 2.45) is 0 Å². The Morgan fingerprint density at radius 2 is 1.64 bits per heavy atom. The van der Waals surface area contributed by atoms with Gasteiger partial charge >= 0.3 is 0 Å². The van der Waals surface area contributed by atoms with Crippen LogP contribution in [0.1, 0.15) is 43.0 Å². The average Bonchev–Trinajstić information content (AvgIpc) is 3.61. The van der Waals surface area contributed by atoms with Crippen molar-refractivity contribution in [2.45, 2.75) is 40.0 Å². The van der Waals surface area contributed by atoms with Crippen LogP contribution in [0, 0.1) is 13.8 Å². The number of thiazole rings is 1. The zero-order chi connectivity index (χ0) is 27.3. The topological polar surface area (TPSA) is 65.1 Å². The summed E-state index contributed by atoms with van der Waals surface area (Å²) in [6.45, 7) is 10.7. The highest BCUT2D eigenvalue weighted by molar-refractivity contribution is 7.15. The van der Waals surface area contributed by atoms with Gasteiger partial charge in [-0.15, -0.1) is 5.10 Å². The van der Waals surface area contributed by atoms with Crippen molar-refractivity contribution in [3.05, 3.63) is 116 Å². The predicted octanol–water partition coefficient (Wildman–Crippen LogP) is 6.13. The van der Waals surface area contributed by atoms with E-state index >= 15 is 0 Å². The Morgan fingerprint density at radius 3 is 2.33 bits per heavy atom. The zero-order valence-corrected chi connectivity index (χ0v) is 23.5. The molecular formula is C32H29N5OS. The van der Waals surface area contributed by atoms with Crippen molar-refractivity contribution in [2.75, 3.05) is 0 Å². The summed E-state index contributed by atoms with van der Waals surface area (Å²) in [5.41, 5.74) is 8.00. The number of rotatable bonds is 4. The van der Waals surface area contributed by atoms with E-state index in [1.54, 1.807) is 0 Å². The van der Waals surface area contributed by atoms with Crippen molar-refractivity contribution >= 4 is 22.4 Å². The van der Waals surface area contributed by atoms with Crippen molar-refractivity contribution < 1.29 is 0 Å². The second kappa shape index (κ2) is 9.43. The van der Waals surface area contributed by atoms with Gasteiger partial charge in [0.1, 0.15) is 5.69 Å². The molecule has 3 aromatic heterocycles. The Bertz CT molecular complexity index is 1920. The van der Waals surface area contributed by atoms with Crippen LogP contribution in [0.15, 0.2) is 83.8 Å². The molecule has 0 amide bonds. The molecule has 0 aliphatic heterocycles. The minimum absolute atomic E-state index is 0.0671. The van der Waals surface area contributed by atoms with Crippen LogP contribution in [0.5, 0.6) is 0 Å². The summed E-state index contributed by atoms with van der Waals surface area (Å²) in [6.07, 6.45) is 3.88. The van der Waals surface area contributed by atoms with Gasteiger partial charge in [-0.25, -0.2) is 4.68 Å². The standard InChI is InChI=1S/C32H29N5OS/c1-20-11-12-21(2)26(17-20)28-23(19-36(34-28)25-9-7-6-8-10-25)18-27-30(38)37-31(39-27)33-29(35-37)22-13-15-24(16-14-22)32(3,4)5/h6-19H,1-5H3. The number of fused-ring (bicyclic) bond motifs is 1. The number of aromatic nitrogens is 5. The van der Waals surface area contributed by atoms with Gasteiger partial charge in [0.05, 0.1) is 10.2 Å². The van der Waals surface area contributed by atoms with E-state index in [0.29, 0.717) is 15.3 Å². The minimum atomic E-state index is -0.181. The maximum Gasteiger partial charge on any atom is 0.291 e. The van der Waals surface area contributed by atoms with E-state index in [0.717, 1.165) is 39.2 Å². The van der Waals surface area contributed by atoms with Crippen LogP contribution in [-0.4, -0.2) is 24.4 Å². The third-order valence-corrected chi connectivity index (χ3v) is 7.85. The second-order valence-corrected chi connectivity index (χ2v) is 11.9. The maximum absolute atomic E-state index is 13.4. The highest BCUT2D eigenvalue weighted by Crippen LogP contribution is 2.29. The Labute approximate surface area is 230 Å². The normalized spacial score (nSPS) is 12.5. The van der Waals surface area contributed by atoms with Crippen molar-refractivity contribution in [1.82, 2.24) is 24.4 Å². The van der Waals surface area contributed by atoms with Gasteiger partial charge in [-0.2, -0.15) is 14.6 Å². The summed E-state index contributed by atoms with van der Waals surface area (Å²) in [5.74, 6) is 0.554. The molecule has 0 radical (unpaired) electrons. The molecule has 6 rings (SSSR count). The molecule has 194 valence electrons. The van der Waals surface area contributed by atoms with Gasteiger partial charge in [0.15, 0.2) is 5.82 Å². The van der Waals surface area contributed by atoms with Crippen LogP contribution in [0.3, 0.4) is 0 Å². The largest absolute Gasteiger partial charge is 0.291 e. The van der Waals surface area contributed by atoms with Crippen LogP contribution in [0.25, 0.3) is 39.4 Å². The number of aryl methyl sites for hydroxylation is 2. The number of hydrogen-bond donors (Lipinski definition) is 0. The predicted molar refractivity (Wildman–Crippen MR) is 159 cm³/mol. The first kappa shape index (κ1) is 24.9. The van der Waals surface area contributed by atoms with E-state index in [4.69, 9.17) is 5.10 Å². The lowest BCUT2D eigenvalue weighted by molar-refractivity contribution is 0.590. The minimum Gasteiger partial charge on any atom is -0.266 e. The number of benzene rings is 3. The molecule has 0 aliphatic rings. The van der Waals surface area contributed by atoms with Gasteiger partial charge in [-0.05, 0) is 54.7 Å². The number of nitrogens with zero attached hydrogens (tertiary/aromatic N) is 5. The quantitative estimate of drug-likeness (QED) is 0.274. The van der Waals surface area contributed by atoms with Crippen LogP contribution < -0.4 is 10.1 Å². The first-order valence-electron chi connectivity index (χ1n) is 12.9. The van der Waals surface area contributed by atoms with Gasteiger partial charge in [-0.3, -0.25) is 4.79 Å². The fourth-order valence-corrected chi connectivity index (χ4v) is 5.52. The molecule has 6 aromatic rings. The SMILES string of the molecule is Cc1ccc(C)c(-c2nn(-c3ccccc3)cc2C=c2sc3nc(-c4ccc(C(C)(C)C)cc4)nn3c2=O)c1. The van der Waals surface area contributed by atoms with Crippen LogP contribution in [-0.2, 0) is 5.41 Å². The fraction of sp³-hybridized carbons (Fsp3) is 0.188. The van der Waals surface area contributed by atoms with E-state index in [1.807, 2.05) is 59.4 Å². The molecule has 0 fully saturated rings. The van der Waals surface area contributed by atoms with Crippen molar-refractivity contribution in [3.63, 3.8) is 0 Å². The fourth-order valence-electron chi connectivity index (χ4n) is 4.62. The molecule has 0 aliphatic carbocycles. The van der Waals surface area contributed by atoms with Crippen molar-refractivity contribution in [3.8, 4) is 28.3 Å². The highest BCUT2D eigenvalue weighted by atomic mass is 32.1. The highest BCUT2D eigenvalue weighted by Gasteiger charge is 2.17. The Balaban J connectivity index is 1.45. The van der Waals surface area contributed by atoms with Gasteiger partial charge < -0.3 is 0 Å². The Hall–Kier alpha value is -4.36. The average molecular weight is 532 g/mol. The zero-order valence-electron chi connectivity index (χ0n) is 22.6. The lowest BCUT2D eigenvalue weighted by Crippen LogP contribution is -2.23. The molecule has 6 nitrogen and oxygen atoms in total. The third kappa shape index (κ3) is 4.70. The smallest absolute Gasteiger partial charge is 0.266 e. The van der Waals surface area contributed by atoms with Crippen LogP contribution in [0.2, 0.25) is 0 Å². The summed E-state index contributed by atoms with van der Waals surface area (Å²) in [7, 11) is 0. The molecular weight excluding hydrogens is 502 g/mol. The maximum atomic E-state index is 13.4. The van der Waals surface area contributed by atoms with E-state index < -0.39 is 0 Å². The van der Waals surface area contributed by atoms with Crippen LogP contribution >= 0.6 is 11.3 Å². The summed E-state index contributed by atoms with van der Waals surface area (Å²) < 4.78 is 3.84. The van der Waals surface area contributed by atoms with E-state index in [-0.39, 0.29) is 11.0 Å². The summed E-state index contributed by atoms with van der Waals surface area (Å²) in [4.78, 5) is 18.7. The molecule has 39 heavy (non-hydrogen) atoms. The second-order valence-electron chi connectivity index (χ2n) is 10.9. The van der Waals surface area contributed by atoms with Gasteiger partial charge in [0.2, 0.25) is 4.96 Å². The molecule has 3 aromatic carbocycles. The Kier molecular flexibility index (Phi) is 6.03. The molecule has 3 heterocycles. The van der Waals surface area contributed by atoms with Gasteiger partial charge in [-0.1, -0.05) is 92.3 Å². The summed E-state index contributed by atoms with van der Waals surface area (Å²) in [6, 6.07) is 24.6. The summed E-state index contributed by atoms with van der Waals surface area (Å²) >= 11 is 1.34. The monoisotopic (exact) mass is 531 g/mol. The third-order valence-electron chi connectivity index (χ3n) is 6.89. The van der Waals surface area contributed by atoms with E-state index in [1.165, 1.54) is 21.4 Å². The lowest BCUT2D eigenvalue weighted by Gasteiger charge is -2.18. The molecule has 0 saturated carbocycles. The Morgan fingerprint density at radius 1 is 0.897 bits per heavy atom. The van der Waals surface area contributed by atoms with Crippen molar-refractivity contribution in [1.29, 1.82) is 0 Å². The first-order chi connectivity index (χ1) is 18.7. The molecule has 0 N–H and O–H groups in total. The van der Waals surface area contributed by atoms with E-state index in [2.05, 4.69) is 75.0 Å². The molecule has 0 saturated heterocycles.